The summed E-state index contributed by atoms with van der Waals surface area (Å²) in [6.45, 7) is 1.14. The summed E-state index contributed by atoms with van der Waals surface area (Å²) in [4.78, 5) is 13.6. The lowest BCUT2D eigenvalue weighted by molar-refractivity contribution is 0.0693. The zero-order chi connectivity index (χ0) is 13.4. The van der Waals surface area contributed by atoms with Gasteiger partial charge in [0, 0.05) is 20.2 Å². The number of rotatable bonds is 6. The Morgan fingerprint density at radius 1 is 1.50 bits per heavy atom. The minimum absolute atomic E-state index is 0.202. The molecule has 0 unspecified atom stereocenters. The van der Waals surface area contributed by atoms with Crippen molar-refractivity contribution in [2.75, 3.05) is 26.8 Å². The predicted octanol–water partition coefficient (Wildman–Crippen LogP) is 1.13. The van der Waals surface area contributed by atoms with Gasteiger partial charge in [0.15, 0.2) is 10.8 Å². The Morgan fingerprint density at radius 3 is 2.83 bits per heavy atom. The highest BCUT2D eigenvalue weighted by Crippen LogP contribution is 2.06. The number of carbonyl (C=O) groups excluding carboxylic acids is 1. The molecule has 1 aromatic rings. The molecule has 7 heteroatoms. The molecule has 0 atom stereocenters. The van der Waals surface area contributed by atoms with Crippen LogP contribution >= 0.6 is 11.6 Å². The van der Waals surface area contributed by atoms with Crippen LogP contribution in [0.4, 0.5) is 0 Å². The molecule has 0 aliphatic carbocycles. The van der Waals surface area contributed by atoms with Gasteiger partial charge in [-0.2, -0.15) is 5.26 Å². The van der Waals surface area contributed by atoms with Crippen molar-refractivity contribution in [2.24, 2.45) is 0 Å². The molecule has 0 spiro atoms. The maximum atomic E-state index is 12.1. The first-order valence-corrected chi connectivity index (χ1v) is 5.71. The van der Waals surface area contributed by atoms with Crippen molar-refractivity contribution in [2.45, 2.75) is 6.42 Å². The van der Waals surface area contributed by atoms with E-state index in [1.54, 1.807) is 7.11 Å². The topological polar surface area (TPSA) is 79.1 Å². The van der Waals surface area contributed by atoms with E-state index in [1.165, 1.54) is 17.0 Å². The van der Waals surface area contributed by atoms with Crippen LogP contribution < -0.4 is 0 Å². The van der Waals surface area contributed by atoms with E-state index in [9.17, 15) is 4.79 Å². The standard InChI is InChI=1S/C11H13ClN4O2/c1-18-8-7-16(6-2-5-13)11(17)9-3-4-10(12)15-14-9/h3-4H,2,6-8H2,1H3. The summed E-state index contributed by atoms with van der Waals surface area (Å²) in [5, 5.41) is 16.1. The van der Waals surface area contributed by atoms with E-state index >= 15 is 0 Å². The number of hydrogen-bond acceptors (Lipinski definition) is 5. The van der Waals surface area contributed by atoms with Gasteiger partial charge < -0.3 is 9.64 Å². The third-order valence-corrected chi connectivity index (χ3v) is 2.40. The molecular formula is C11H13ClN4O2. The van der Waals surface area contributed by atoms with Crippen LogP contribution in [-0.4, -0.2) is 47.8 Å². The zero-order valence-electron chi connectivity index (χ0n) is 9.97. The van der Waals surface area contributed by atoms with Gasteiger partial charge in [-0.05, 0) is 12.1 Å². The van der Waals surface area contributed by atoms with Crippen molar-refractivity contribution >= 4 is 17.5 Å². The predicted molar refractivity (Wildman–Crippen MR) is 65.1 cm³/mol. The summed E-state index contributed by atoms with van der Waals surface area (Å²) in [5.41, 5.74) is 0.202. The van der Waals surface area contributed by atoms with Crippen LogP contribution in [0.5, 0.6) is 0 Å². The Labute approximate surface area is 110 Å². The molecule has 1 rings (SSSR count). The summed E-state index contributed by atoms with van der Waals surface area (Å²) in [6.07, 6.45) is 0.260. The fraction of sp³-hybridized carbons (Fsp3) is 0.455. The Kier molecular flexibility index (Phi) is 6.05. The van der Waals surface area contributed by atoms with Gasteiger partial charge in [0.2, 0.25) is 0 Å². The molecule has 0 fully saturated rings. The van der Waals surface area contributed by atoms with Gasteiger partial charge in [-0.15, -0.1) is 10.2 Å². The van der Waals surface area contributed by atoms with E-state index in [0.29, 0.717) is 19.7 Å². The van der Waals surface area contributed by atoms with E-state index in [-0.39, 0.29) is 23.2 Å². The third kappa shape index (κ3) is 4.28. The van der Waals surface area contributed by atoms with Gasteiger partial charge in [0.05, 0.1) is 19.1 Å². The highest BCUT2D eigenvalue weighted by atomic mass is 35.5. The number of aromatic nitrogens is 2. The molecule has 6 nitrogen and oxygen atoms in total. The number of nitrogens with zero attached hydrogens (tertiary/aromatic N) is 4. The van der Waals surface area contributed by atoms with Crippen LogP contribution in [0, 0.1) is 11.3 Å². The van der Waals surface area contributed by atoms with E-state index in [2.05, 4.69) is 10.2 Å². The molecule has 0 radical (unpaired) electrons. The van der Waals surface area contributed by atoms with Gasteiger partial charge in [-0.1, -0.05) is 11.6 Å². The second-order valence-corrected chi connectivity index (χ2v) is 3.82. The molecule has 96 valence electrons. The normalized spacial score (nSPS) is 9.83. The first kappa shape index (κ1) is 14.4. The summed E-state index contributed by atoms with van der Waals surface area (Å²) < 4.78 is 4.92. The Morgan fingerprint density at radius 2 is 2.28 bits per heavy atom. The largest absolute Gasteiger partial charge is 0.383 e. The first-order valence-electron chi connectivity index (χ1n) is 5.33. The van der Waals surface area contributed by atoms with Crippen molar-refractivity contribution in [3.8, 4) is 6.07 Å². The van der Waals surface area contributed by atoms with Crippen molar-refractivity contribution in [3.63, 3.8) is 0 Å². The summed E-state index contributed by atoms with van der Waals surface area (Å²) in [6, 6.07) is 5.00. The van der Waals surface area contributed by atoms with Crippen LogP contribution in [0.1, 0.15) is 16.9 Å². The number of amides is 1. The van der Waals surface area contributed by atoms with Gasteiger partial charge in [-0.3, -0.25) is 4.79 Å². The molecule has 0 bridgehead atoms. The van der Waals surface area contributed by atoms with Crippen molar-refractivity contribution in [1.82, 2.24) is 15.1 Å². The molecule has 0 aromatic carbocycles. The average Bonchev–Trinajstić information content (AvgIpc) is 2.39. The van der Waals surface area contributed by atoms with Crippen LogP contribution in [-0.2, 0) is 4.74 Å². The van der Waals surface area contributed by atoms with Gasteiger partial charge in [0.1, 0.15) is 0 Å². The second kappa shape index (κ2) is 7.58. The number of ether oxygens (including phenoxy) is 1. The molecule has 0 aliphatic heterocycles. The van der Waals surface area contributed by atoms with Gasteiger partial charge in [0.25, 0.3) is 5.91 Å². The highest BCUT2D eigenvalue weighted by Gasteiger charge is 2.16. The van der Waals surface area contributed by atoms with Crippen molar-refractivity contribution in [1.29, 1.82) is 5.26 Å². The fourth-order valence-electron chi connectivity index (χ4n) is 1.29. The minimum atomic E-state index is -0.286. The smallest absolute Gasteiger partial charge is 0.274 e. The van der Waals surface area contributed by atoms with Crippen LogP contribution in [0.25, 0.3) is 0 Å². The first-order chi connectivity index (χ1) is 8.69. The monoisotopic (exact) mass is 268 g/mol. The molecule has 0 N–H and O–H groups in total. The number of halogens is 1. The summed E-state index contributed by atoms with van der Waals surface area (Å²) in [7, 11) is 1.55. The maximum absolute atomic E-state index is 12.1. The Hall–Kier alpha value is -1.71. The lowest BCUT2D eigenvalue weighted by Crippen LogP contribution is -2.35. The van der Waals surface area contributed by atoms with Gasteiger partial charge >= 0.3 is 0 Å². The molecule has 0 saturated heterocycles. The molecule has 18 heavy (non-hydrogen) atoms. The molecular weight excluding hydrogens is 256 g/mol. The quantitative estimate of drug-likeness (QED) is 0.773. The Bertz CT molecular complexity index is 430. The molecule has 1 heterocycles. The number of hydrogen-bond donors (Lipinski definition) is 0. The maximum Gasteiger partial charge on any atom is 0.274 e. The molecule has 1 aromatic heterocycles. The van der Waals surface area contributed by atoms with Crippen molar-refractivity contribution in [3.05, 3.63) is 23.0 Å². The van der Waals surface area contributed by atoms with Gasteiger partial charge in [-0.25, -0.2) is 0 Å². The van der Waals surface area contributed by atoms with Crippen LogP contribution in [0.15, 0.2) is 12.1 Å². The second-order valence-electron chi connectivity index (χ2n) is 3.43. The Balaban J connectivity index is 2.74. The van der Waals surface area contributed by atoms with Crippen molar-refractivity contribution < 1.29 is 9.53 Å². The average molecular weight is 269 g/mol. The minimum Gasteiger partial charge on any atom is -0.383 e. The summed E-state index contributed by atoms with van der Waals surface area (Å²) in [5.74, 6) is -0.286. The SMILES string of the molecule is COCCN(CCC#N)C(=O)c1ccc(Cl)nn1. The van der Waals surface area contributed by atoms with Crippen LogP contribution in [0.2, 0.25) is 5.15 Å². The van der Waals surface area contributed by atoms with E-state index in [1.807, 2.05) is 6.07 Å². The molecule has 0 saturated carbocycles. The zero-order valence-corrected chi connectivity index (χ0v) is 10.7. The lowest BCUT2D eigenvalue weighted by atomic mass is 10.3. The molecule has 1 amide bonds. The van der Waals surface area contributed by atoms with E-state index < -0.39 is 0 Å². The van der Waals surface area contributed by atoms with E-state index in [0.717, 1.165) is 0 Å². The van der Waals surface area contributed by atoms with E-state index in [4.69, 9.17) is 21.6 Å². The lowest BCUT2D eigenvalue weighted by Gasteiger charge is -2.20. The highest BCUT2D eigenvalue weighted by molar-refractivity contribution is 6.29. The summed E-state index contributed by atoms with van der Waals surface area (Å²) >= 11 is 5.60. The number of nitriles is 1. The number of methoxy groups -OCH3 is 1. The van der Waals surface area contributed by atoms with Crippen LogP contribution in [0.3, 0.4) is 0 Å². The number of carbonyl (C=O) groups is 1. The fourth-order valence-corrected chi connectivity index (χ4v) is 1.39. The molecule has 0 aliphatic rings. The third-order valence-electron chi connectivity index (χ3n) is 2.20.